The molecular weight excluding hydrogens is 246 g/mol. The summed E-state index contributed by atoms with van der Waals surface area (Å²) < 4.78 is 15.9. The van der Waals surface area contributed by atoms with E-state index in [2.05, 4.69) is 4.90 Å². The molecule has 104 valence electrons. The van der Waals surface area contributed by atoms with Gasteiger partial charge in [-0.05, 0) is 18.9 Å². The molecule has 1 fully saturated rings. The molecule has 0 unspecified atom stereocenters. The Morgan fingerprint density at radius 2 is 1.95 bits per heavy atom. The number of ether oxygens (including phenoxy) is 3. The van der Waals surface area contributed by atoms with Crippen molar-refractivity contribution in [1.29, 1.82) is 0 Å². The van der Waals surface area contributed by atoms with Crippen LogP contribution >= 0.6 is 0 Å². The molecular formula is C14H19NO4. The van der Waals surface area contributed by atoms with Crippen molar-refractivity contribution in [2.45, 2.75) is 25.5 Å². The summed E-state index contributed by atoms with van der Waals surface area (Å²) in [5, 5.41) is 10.0. The lowest BCUT2D eigenvalue weighted by atomic mass is 10.1. The third-order valence-electron chi connectivity index (χ3n) is 3.84. The van der Waals surface area contributed by atoms with Gasteiger partial charge in [0.1, 0.15) is 5.75 Å². The quantitative estimate of drug-likeness (QED) is 0.902. The minimum absolute atomic E-state index is 0.234. The Morgan fingerprint density at radius 1 is 1.26 bits per heavy atom. The SMILES string of the molecule is COC1CCN(Cc2cc3c(cc2O)OCO3)CC1. The lowest BCUT2D eigenvalue weighted by Crippen LogP contribution is -2.36. The zero-order valence-electron chi connectivity index (χ0n) is 11.1. The first-order valence-corrected chi connectivity index (χ1v) is 6.63. The highest BCUT2D eigenvalue weighted by Gasteiger charge is 2.22. The second-order valence-electron chi connectivity index (χ2n) is 5.05. The van der Waals surface area contributed by atoms with Gasteiger partial charge in [-0.25, -0.2) is 0 Å². The molecule has 2 heterocycles. The van der Waals surface area contributed by atoms with Gasteiger partial charge in [0.25, 0.3) is 0 Å². The first-order chi connectivity index (χ1) is 9.26. The van der Waals surface area contributed by atoms with E-state index in [1.165, 1.54) is 0 Å². The van der Waals surface area contributed by atoms with E-state index in [9.17, 15) is 5.11 Å². The Morgan fingerprint density at radius 3 is 2.63 bits per heavy atom. The smallest absolute Gasteiger partial charge is 0.231 e. The van der Waals surface area contributed by atoms with Crippen molar-refractivity contribution >= 4 is 0 Å². The maximum absolute atomic E-state index is 10.0. The van der Waals surface area contributed by atoms with Crippen molar-refractivity contribution < 1.29 is 19.3 Å². The second-order valence-corrected chi connectivity index (χ2v) is 5.05. The molecule has 1 aromatic carbocycles. The normalized spacial score (nSPS) is 19.8. The molecule has 19 heavy (non-hydrogen) atoms. The predicted octanol–water partition coefficient (Wildman–Crippen LogP) is 1.73. The predicted molar refractivity (Wildman–Crippen MR) is 69.5 cm³/mol. The van der Waals surface area contributed by atoms with Gasteiger partial charge in [0.05, 0.1) is 6.10 Å². The average molecular weight is 265 g/mol. The number of aromatic hydroxyl groups is 1. The maximum atomic E-state index is 10.0. The molecule has 0 spiro atoms. The third-order valence-corrected chi connectivity index (χ3v) is 3.84. The van der Waals surface area contributed by atoms with Crippen LogP contribution in [0, 0.1) is 0 Å². The van der Waals surface area contributed by atoms with Gasteiger partial charge in [0, 0.05) is 38.4 Å². The largest absolute Gasteiger partial charge is 0.507 e. The van der Waals surface area contributed by atoms with E-state index in [1.54, 1.807) is 13.2 Å². The monoisotopic (exact) mass is 265 g/mol. The Labute approximate surface area is 112 Å². The van der Waals surface area contributed by atoms with Crippen molar-refractivity contribution in [1.82, 2.24) is 4.90 Å². The number of benzene rings is 1. The molecule has 1 aromatic rings. The van der Waals surface area contributed by atoms with Gasteiger partial charge in [-0.1, -0.05) is 0 Å². The van der Waals surface area contributed by atoms with E-state index in [0.717, 1.165) is 43.8 Å². The van der Waals surface area contributed by atoms with Gasteiger partial charge in [-0.15, -0.1) is 0 Å². The molecule has 0 amide bonds. The fourth-order valence-electron chi connectivity index (χ4n) is 2.64. The molecule has 1 N–H and O–H groups in total. The first-order valence-electron chi connectivity index (χ1n) is 6.63. The maximum Gasteiger partial charge on any atom is 0.231 e. The van der Waals surface area contributed by atoms with Gasteiger partial charge in [0.15, 0.2) is 11.5 Å². The van der Waals surface area contributed by atoms with Gasteiger partial charge < -0.3 is 19.3 Å². The summed E-state index contributed by atoms with van der Waals surface area (Å²) in [5.41, 5.74) is 0.889. The highest BCUT2D eigenvalue weighted by molar-refractivity contribution is 5.51. The van der Waals surface area contributed by atoms with Crippen molar-refractivity contribution in [3.63, 3.8) is 0 Å². The van der Waals surface area contributed by atoms with Crippen LogP contribution in [0.5, 0.6) is 17.2 Å². The van der Waals surface area contributed by atoms with Gasteiger partial charge >= 0.3 is 0 Å². The highest BCUT2D eigenvalue weighted by atomic mass is 16.7. The van der Waals surface area contributed by atoms with Gasteiger partial charge in [-0.2, -0.15) is 0 Å². The van der Waals surface area contributed by atoms with Crippen LogP contribution in [-0.2, 0) is 11.3 Å². The number of piperidine rings is 1. The molecule has 2 aliphatic rings. The fourth-order valence-corrected chi connectivity index (χ4v) is 2.64. The summed E-state index contributed by atoms with van der Waals surface area (Å²) >= 11 is 0. The van der Waals surface area contributed by atoms with Crippen LogP contribution in [0.1, 0.15) is 18.4 Å². The Bertz CT molecular complexity index is 455. The number of phenols is 1. The first kappa shape index (κ1) is 12.6. The summed E-state index contributed by atoms with van der Waals surface area (Å²) in [7, 11) is 1.77. The second kappa shape index (κ2) is 5.27. The van der Waals surface area contributed by atoms with Crippen LogP contribution in [0.15, 0.2) is 12.1 Å². The van der Waals surface area contributed by atoms with Crippen LogP contribution in [0.2, 0.25) is 0 Å². The van der Waals surface area contributed by atoms with E-state index < -0.39 is 0 Å². The molecule has 0 bridgehead atoms. The van der Waals surface area contributed by atoms with Crippen molar-refractivity contribution in [2.24, 2.45) is 0 Å². The topological polar surface area (TPSA) is 51.2 Å². The molecule has 2 aliphatic heterocycles. The molecule has 5 heteroatoms. The average Bonchev–Trinajstić information content (AvgIpc) is 2.87. The molecule has 0 aliphatic carbocycles. The van der Waals surface area contributed by atoms with Crippen LogP contribution in [0.4, 0.5) is 0 Å². The molecule has 1 saturated heterocycles. The number of nitrogens with zero attached hydrogens (tertiary/aromatic N) is 1. The fraction of sp³-hybridized carbons (Fsp3) is 0.571. The lowest BCUT2D eigenvalue weighted by Gasteiger charge is -2.31. The molecule has 0 aromatic heterocycles. The number of rotatable bonds is 3. The van der Waals surface area contributed by atoms with E-state index in [4.69, 9.17) is 14.2 Å². The van der Waals surface area contributed by atoms with E-state index in [1.807, 2.05) is 6.07 Å². The summed E-state index contributed by atoms with van der Waals surface area (Å²) in [6.45, 7) is 2.95. The minimum Gasteiger partial charge on any atom is -0.507 e. The Kier molecular flexibility index (Phi) is 3.48. The number of likely N-dealkylation sites (tertiary alicyclic amines) is 1. The number of methoxy groups -OCH3 is 1. The third kappa shape index (κ3) is 2.62. The van der Waals surface area contributed by atoms with Gasteiger partial charge in [-0.3, -0.25) is 4.90 Å². The van der Waals surface area contributed by atoms with E-state index in [-0.39, 0.29) is 12.5 Å². The zero-order valence-corrected chi connectivity index (χ0v) is 11.1. The van der Waals surface area contributed by atoms with Crippen LogP contribution in [0.25, 0.3) is 0 Å². The van der Waals surface area contributed by atoms with Crippen LogP contribution in [0.3, 0.4) is 0 Å². The van der Waals surface area contributed by atoms with E-state index >= 15 is 0 Å². The number of hydrogen-bond acceptors (Lipinski definition) is 5. The van der Waals surface area contributed by atoms with Crippen LogP contribution < -0.4 is 9.47 Å². The van der Waals surface area contributed by atoms with Crippen molar-refractivity contribution in [3.05, 3.63) is 17.7 Å². The zero-order chi connectivity index (χ0) is 13.2. The Balaban J connectivity index is 1.67. The van der Waals surface area contributed by atoms with E-state index in [0.29, 0.717) is 11.9 Å². The molecule has 3 rings (SSSR count). The number of phenolic OH excluding ortho intramolecular Hbond substituents is 1. The molecule has 0 atom stereocenters. The van der Waals surface area contributed by atoms with Crippen LogP contribution in [-0.4, -0.2) is 43.1 Å². The molecule has 0 saturated carbocycles. The summed E-state index contributed by atoms with van der Waals surface area (Å²) in [5.74, 6) is 1.62. The summed E-state index contributed by atoms with van der Waals surface area (Å²) in [4.78, 5) is 2.33. The summed E-state index contributed by atoms with van der Waals surface area (Å²) in [6.07, 6.45) is 2.46. The minimum atomic E-state index is 0.234. The number of hydrogen-bond donors (Lipinski definition) is 1. The Hall–Kier alpha value is -1.46. The van der Waals surface area contributed by atoms with Crippen molar-refractivity contribution in [3.8, 4) is 17.2 Å². The summed E-state index contributed by atoms with van der Waals surface area (Å²) in [6, 6.07) is 3.51. The number of fused-ring (bicyclic) bond motifs is 1. The van der Waals surface area contributed by atoms with Crippen molar-refractivity contribution in [2.75, 3.05) is 27.0 Å². The standard InChI is InChI=1S/C14H19NO4/c1-17-11-2-4-15(5-3-11)8-10-6-13-14(7-12(10)16)19-9-18-13/h6-7,11,16H,2-5,8-9H2,1H3. The molecule has 5 nitrogen and oxygen atoms in total. The highest BCUT2D eigenvalue weighted by Crippen LogP contribution is 2.38. The van der Waals surface area contributed by atoms with Gasteiger partial charge in [0.2, 0.25) is 6.79 Å². The molecule has 0 radical (unpaired) electrons. The lowest BCUT2D eigenvalue weighted by molar-refractivity contribution is 0.0387.